The van der Waals surface area contributed by atoms with E-state index in [0.717, 1.165) is 14.7 Å². The van der Waals surface area contributed by atoms with Gasteiger partial charge in [0.2, 0.25) is 5.91 Å². The quantitative estimate of drug-likeness (QED) is 0.818. The largest absolute Gasteiger partial charge is 0.329 e. The second-order valence-electron chi connectivity index (χ2n) is 5.10. The topological polar surface area (TPSA) is 78.5 Å². The number of rotatable bonds is 5. The fourth-order valence-corrected chi connectivity index (χ4v) is 3.15. The highest BCUT2D eigenvalue weighted by molar-refractivity contribution is 7.99. The number of nitrogens with one attached hydrogen (secondary N) is 2. The van der Waals surface area contributed by atoms with Crippen molar-refractivity contribution in [2.45, 2.75) is 9.79 Å². The van der Waals surface area contributed by atoms with Crippen LogP contribution in [-0.2, 0) is 9.59 Å². The van der Waals surface area contributed by atoms with Gasteiger partial charge in [-0.3, -0.25) is 14.5 Å². The Kier molecular flexibility index (Phi) is 4.81. The van der Waals surface area contributed by atoms with Gasteiger partial charge in [-0.05, 0) is 24.3 Å². The van der Waals surface area contributed by atoms with Crippen LogP contribution in [0.2, 0.25) is 0 Å². The molecule has 1 heterocycles. The molecule has 0 unspecified atom stereocenters. The molecule has 0 bridgehead atoms. The van der Waals surface area contributed by atoms with E-state index < -0.39 is 17.8 Å². The van der Waals surface area contributed by atoms with Crippen LogP contribution in [0.15, 0.2) is 64.4 Å². The van der Waals surface area contributed by atoms with Crippen LogP contribution in [0.1, 0.15) is 0 Å². The summed E-state index contributed by atoms with van der Waals surface area (Å²) in [5.41, 5.74) is 0.642. The number of carbonyl (C=O) groups is 3. The van der Waals surface area contributed by atoms with Gasteiger partial charge in [0.15, 0.2) is 0 Å². The minimum absolute atomic E-state index is 0.0629. The maximum Gasteiger partial charge on any atom is 0.325 e. The van der Waals surface area contributed by atoms with Crippen LogP contribution in [0.25, 0.3) is 0 Å². The number of para-hydroxylation sites is 1. The molecule has 1 aliphatic heterocycles. The van der Waals surface area contributed by atoms with Gasteiger partial charge in [0.05, 0.1) is 12.2 Å². The zero-order valence-electron chi connectivity index (χ0n) is 12.7. The molecular formula is C17H15N3O3S. The highest BCUT2D eigenvalue weighted by atomic mass is 32.2. The first-order valence-electron chi connectivity index (χ1n) is 7.33. The van der Waals surface area contributed by atoms with Crippen LogP contribution in [0.3, 0.4) is 0 Å². The van der Waals surface area contributed by atoms with Crippen molar-refractivity contribution in [1.29, 1.82) is 0 Å². The van der Waals surface area contributed by atoms with Crippen LogP contribution < -0.4 is 10.6 Å². The number of carbonyl (C=O) groups excluding carboxylic acids is 3. The number of hydrogen-bond acceptors (Lipinski definition) is 4. The summed E-state index contributed by atoms with van der Waals surface area (Å²) < 4.78 is 0. The Hall–Kier alpha value is -2.80. The zero-order valence-corrected chi connectivity index (χ0v) is 13.5. The lowest BCUT2D eigenvalue weighted by molar-refractivity contribution is -0.128. The van der Waals surface area contributed by atoms with Crippen molar-refractivity contribution >= 4 is 35.3 Å². The Morgan fingerprint density at radius 2 is 1.79 bits per heavy atom. The van der Waals surface area contributed by atoms with Gasteiger partial charge in [-0.1, -0.05) is 42.1 Å². The predicted octanol–water partition coefficient (Wildman–Crippen LogP) is 2.33. The van der Waals surface area contributed by atoms with Crippen molar-refractivity contribution in [3.8, 4) is 0 Å². The minimum Gasteiger partial charge on any atom is -0.329 e. The van der Waals surface area contributed by atoms with E-state index >= 15 is 0 Å². The second kappa shape index (κ2) is 7.18. The molecule has 4 amide bonds. The number of anilines is 1. The van der Waals surface area contributed by atoms with Gasteiger partial charge in [0.1, 0.15) is 6.54 Å². The number of imide groups is 1. The van der Waals surface area contributed by atoms with Gasteiger partial charge in [-0.2, -0.15) is 0 Å². The summed E-state index contributed by atoms with van der Waals surface area (Å²) in [6, 6.07) is 16.7. The standard InChI is InChI=1S/C17H15N3O3S/c21-15(11-20-16(22)10-18-17(20)23)19-13-8-4-5-9-14(13)24-12-6-2-1-3-7-12/h1-9H,10-11H2,(H,18,23)(H,19,21). The molecule has 24 heavy (non-hydrogen) atoms. The highest BCUT2D eigenvalue weighted by Gasteiger charge is 2.30. The SMILES string of the molecule is O=C(CN1C(=O)CNC1=O)Nc1ccccc1Sc1ccccc1. The highest BCUT2D eigenvalue weighted by Crippen LogP contribution is 2.33. The van der Waals surface area contributed by atoms with Crippen molar-refractivity contribution in [3.05, 3.63) is 54.6 Å². The van der Waals surface area contributed by atoms with Crippen molar-refractivity contribution < 1.29 is 14.4 Å². The molecule has 2 aromatic carbocycles. The maximum atomic E-state index is 12.2. The van der Waals surface area contributed by atoms with Crippen molar-refractivity contribution in [1.82, 2.24) is 10.2 Å². The van der Waals surface area contributed by atoms with Gasteiger partial charge >= 0.3 is 6.03 Å². The van der Waals surface area contributed by atoms with E-state index in [1.165, 1.54) is 11.8 Å². The van der Waals surface area contributed by atoms with Crippen LogP contribution in [0, 0.1) is 0 Å². The predicted molar refractivity (Wildman–Crippen MR) is 90.7 cm³/mol. The summed E-state index contributed by atoms with van der Waals surface area (Å²) in [5, 5.41) is 5.15. The molecule has 0 atom stereocenters. The molecule has 0 aliphatic carbocycles. The normalized spacial score (nSPS) is 13.8. The van der Waals surface area contributed by atoms with Gasteiger partial charge in [0.25, 0.3) is 5.91 Å². The van der Waals surface area contributed by atoms with E-state index in [1.54, 1.807) is 6.07 Å². The lowest BCUT2D eigenvalue weighted by atomic mass is 10.3. The third-order valence-electron chi connectivity index (χ3n) is 3.37. The van der Waals surface area contributed by atoms with Crippen molar-refractivity contribution in [2.24, 2.45) is 0 Å². The van der Waals surface area contributed by atoms with Crippen LogP contribution in [0.5, 0.6) is 0 Å². The summed E-state index contributed by atoms with van der Waals surface area (Å²) >= 11 is 1.53. The van der Waals surface area contributed by atoms with E-state index in [9.17, 15) is 14.4 Å². The molecule has 0 saturated carbocycles. The number of hydrogen-bond donors (Lipinski definition) is 2. The molecule has 2 aromatic rings. The number of amides is 4. The number of urea groups is 1. The average Bonchev–Trinajstić information content (AvgIpc) is 2.89. The van der Waals surface area contributed by atoms with Crippen LogP contribution >= 0.6 is 11.8 Å². The summed E-state index contributed by atoms with van der Waals surface area (Å²) in [6.07, 6.45) is 0. The molecule has 2 N–H and O–H groups in total. The first-order valence-corrected chi connectivity index (χ1v) is 8.15. The van der Waals surface area contributed by atoms with E-state index in [0.29, 0.717) is 5.69 Å². The molecule has 3 rings (SSSR count). The average molecular weight is 341 g/mol. The Balaban J connectivity index is 1.70. The second-order valence-corrected chi connectivity index (χ2v) is 6.21. The molecule has 1 fully saturated rings. The summed E-state index contributed by atoms with van der Waals surface area (Å²) in [5.74, 6) is -0.816. The number of nitrogens with zero attached hydrogens (tertiary/aromatic N) is 1. The van der Waals surface area contributed by atoms with Gasteiger partial charge in [-0.25, -0.2) is 4.79 Å². The summed E-state index contributed by atoms with van der Waals surface area (Å²) in [6.45, 7) is -0.360. The van der Waals surface area contributed by atoms with Gasteiger partial charge in [0, 0.05) is 9.79 Å². The lowest BCUT2D eigenvalue weighted by Gasteiger charge is -2.14. The van der Waals surface area contributed by atoms with Gasteiger partial charge < -0.3 is 10.6 Å². The fraction of sp³-hybridized carbons (Fsp3) is 0.118. The zero-order chi connectivity index (χ0) is 16.9. The van der Waals surface area contributed by atoms with Gasteiger partial charge in [-0.15, -0.1) is 0 Å². The summed E-state index contributed by atoms with van der Waals surface area (Å²) in [4.78, 5) is 38.0. The van der Waals surface area contributed by atoms with Crippen molar-refractivity contribution in [2.75, 3.05) is 18.4 Å². The number of benzene rings is 2. The molecule has 1 aliphatic rings. The minimum atomic E-state index is -0.540. The molecule has 0 radical (unpaired) electrons. The van der Waals surface area contributed by atoms with Crippen molar-refractivity contribution in [3.63, 3.8) is 0 Å². The third kappa shape index (κ3) is 3.75. The Morgan fingerprint density at radius 1 is 1.08 bits per heavy atom. The fourth-order valence-electron chi connectivity index (χ4n) is 2.22. The summed E-state index contributed by atoms with van der Waals surface area (Å²) in [7, 11) is 0. The molecule has 1 saturated heterocycles. The smallest absolute Gasteiger partial charge is 0.325 e. The monoisotopic (exact) mass is 341 g/mol. The van der Waals surface area contributed by atoms with E-state index in [4.69, 9.17) is 0 Å². The van der Waals surface area contributed by atoms with Crippen LogP contribution in [-0.4, -0.2) is 35.8 Å². The van der Waals surface area contributed by atoms with E-state index in [-0.39, 0.29) is 13.1 Å². The molecule has 0 aromatic heterocycles. The molecule has 122 valence electrons. The maximum absolute atomic E-state index is 12.2. The Morgan fingerprint density at radius 3 is 2.50 bits per heavy atom. The molecular weight excluding hydrogens is 326 g/mol. The van der Waals surface area contributed by atoms with E-state index in [1.807, 2.05) is 48.5 Å². The Bertz CT molecular complexity index is 764. The van der Waals surface area contributed by atoms with E-state index in [2.05, 4.69) is 10.6 Å². The first-order chi connectivity index (χ1) is 11.6. The third-order valence-corrected chi connectivity index (χ3v) is 4.45. The molecule has 7 heteroatoms. The lowest BCUT2D eigenvalue weighted by Crippen LogP contribution is -2.38. The molecule has 6 nitrogen and oxygen atoms in total. The van der Waals surface area contributed by atoms with Crippen LogP contribution in [0.4, 0.5) is 10.5 Å². The Labute approximate surface area is 143 Å². The first kappa shape index (κ1) is 16.1. The molecule has 0 spiro atoms.